The number of amides is 1. The van der Waals surface area contributed by atoms with Gasteiger partial charge >= 0.3 is 0 Å². The Hall–Kier alpha value is -3.99. The number of benzene rings is 3. The van der Waals surface area contributed by atoms with Crippen molar-refractivity contribution >= 4 is 29.3 Å². The van der Waals surface area contributed by atoms with Crippen LogP contribution in [-0.2, 0) is 9.53 Å². The molecule has 1 amide bonds. The molecule has 0 saturated heterocycles. The normalized spacial score (nSPS) is 11.0. The Morgan fingerprint density at radius 3 is 2.34 bits per heavy atom. The summed E-state index contributed by atoms with van der Waals surface area (Å²) in [5.41, 5.74) is 3.20. The second-order valence-electron chi connectivity index (χ2n) is 8.33. The molecule has 198 valence electrons. The highest BCUT2D eigenvalue weighted by atomic mass is 35.5. The van der Waals surface area contributed by atoms with E-state index in [2.05, 4.69) is 5.32 Å². The molecule has 0 aliphatic carbocycles. The van der Waals surface area contributed by atoms with E-state index in [1.54, 1.807) is 24.3 Å². The lowest BCUT2D eigenvalue weighted by molar-refractivity contribution is -0.112. The van der Waals surface area contributed by atoms with Crippen molar-refractivity contribution in [2.45, 2.75) is 20.8 Å². The fourth-order valence-electron chi connectivity index (χ4n) is 3.46. The first-order valence-corrected chi connectivity index (χ1v) is 12.6. The standard InChI is InChI=1S/C30H31ClN2O5/c1-4-36-28-19-23(17-24(20-32)30(34)33-25-11-9-21(2)10-12-25)18-26(31)29(28)38-16-14-35-13-15-37-27-8-6-5-7-22(27)3/h5-12,17-19H,4,13-16H2,1-3H3,(H,33,34)/b24-17+. The molecule has 0 bridgehead atoms. The van der Waals surface area contributed by atoms with Gasteiger partial charge in [0.25, 0.3) is 5.91 Å². The SMILES string of the molecule is CCOc1cc(/C=C(\C#N)C(=O)Nc2ccc(C)cc2)cc(Cl)c1OCCOCCOc1ccccc1C. The van der Waals surface area contributed by atoms with Gasteiger partial charge in [-0.1, -0.05) is 47.5 Å². The quantitative estimate of drug-likeness (QED) is 0.155. The van der Waals surface area contributed by atoms with E-state index in [0.717, 1.165) is 16.9 Å². The van der Waals surface area contributed by atoms with Gasteiger partial charge in [-0.3, -0.25) is 4.79 Å². The number of ether oxygens (including phenoxy) is 4. The number of halogens is 1. The number of anilines is 1. The maximum absolute atomic E-state index is 12.6. The van der Waals surface area contributed by atoms with Crippen LogP contribution in [0, 0.1) is 25.2 Å². The number of hydrogen-bond acceptors (Lipinski definition) is 6. The fourth-order valence-corrected chi connectivity index (χ4v) is 3.73. The Bertz CT molecular complexity index is 1300. The number of nitrogens with zero attached hydrogens (tertiary/aromatic N) is 1. The van der Waals surface area contributed by atoms with E-state index >= 15 is 0 Å². The molecular formula is C30H31ClN2O5. The van der Waals surface area contributed by atoms with E-state index in [9.17, 15) is 10.1 Å². The molecule has 38 heavy (non-hydrogen) atoms. The zero-order chi connectivity index (χ0) is 27.3. The van der Waals surface area contributed by atoms with Crippen LogP contribution in [0.1, 0.15) is 23.6 Å². The van der Waals surface area contributed by atoms with E-state index in [0.29, 0.717) is 54.2 Å². The lowest BCUT2D eigenvalue weighted by Crippen LogP contribution is -2.13. The zero-order valence-corrected chi connectivity index (χ0v) is 22.5. The molecule has 0 unspecified atom stereocenters. The Kier molecular flexibility index (Phi) is 11.0. The maximum atomic E-state index is 12.6. The van der Waals surface area contributed by atoms with E-state index in [1.165, 1.54) is 6.08 Å². The summed E-state index contributed by atoms with van der Waals surface area (Å²) in [6.07, 6.45) is 1.46. The zero-order valence-electron chi connectivity index (χ0n) is 21.8. The van der Waals surface area contributed by atoms with Crippen molar-refractivity contribution in [2.75, 3.05) is 38.4 Å². The summed E-state index contributed by atoms with van der Waals surface area (Å²) in [6.45, 7) is 7.59. The molecule has 0 aromatic heterocycles. The highest BCUT2D eigenvalue weighted by molar-refractivity contribution is 6.32. The van der Waals surface area contributed by atoms with Crippen LogP contribution < -0.4 is 19.5 Å². The number of carbonyl (C=O) groups is 1. The summed E-state index contributed by atoms with van der Waals surface area (Å²) in [5.74, 6) is 1.09. The van der Waals surface area contributed by atoms with E-state index in [1.807, 2.05) is 63.2 Å². The Morgan fingerprint density at radius 2 is 1.66 bits per heavy atom. The van der Waals surface area contributed by atoms with Gasteiger partial charge < -0.3 is 24.3 Å². The van der Waals surface area contributed by atoms with Crippen LogP contribution in [0.2, 0.25) is 5.02 Å². The van der Waals surface area contributed by atoms with E-state index < -0.39 is 5.91 Å². The largest absolute Gasteiger partial charge is 0.491 e. The van der Waals surface area contributed by atoms with Gasteiger partial charge in [0.2, 0.25) is 0 Å². The lowest BCUT2D eigenvalue weighted by atomic mass is 10.1. The van der Waals surface area contributed by atoms with Gasteiger partial charge in [0, 0.05) is 5.69 Å². The molecule has 8 heteroatoms. The van der Waals surface area contributed by atoms with Crippen molar-refractivity contribution in [2.24, 2.45) is 0 Å². The minimum Gasteiger partial charge on any atom is -0.491 e. The van der Waals surface area contributed by atoms with Crippen LogP contribution in [0.5, 0.6) is 17.2 Å². The van der Waals surface area contributed by atoms with Crippen molar-refractivity contribution in [1.82, 2.24) is 0 Å². The molecule has 0 spiro atoms. The molecule has 7 nitrogen and oxygen atoms in total. The van der Waals surface area contributed by atoms with Gasteiger partial charge in [0.1, 0.15) is 30.6 Å². The second kappa shape index (κ2) is 14.7. The molecule has 3 aromatic carbocycles. The number of carbonyl (C=O) groups excluding carboxylic acids is 1. The molecule has 0 atom stereocenters. The van der Waals surface area contributed by atoms with Gasteiger partial charge in [0.15, 0.2) is 11.5 Å². The number of hydrogen-bond donors (Lipinski definition) is 1. The van der Waals surface area contributed by atoms with Crippen molar-refractivity contribution < 1.29 is 23.7 Å². The predicted octanol–water partition coefficient (Wildman–Crippen LogP) is 6.38. The molecule has 0 saturated carbocycles. The van der Waals surface area contributed by atoms with Gasteiger partial charge in [-0.2, -0.15) is 5.26 Å². The topological polar surface area (TPSA) is 89.8 Å². The average molecular weight is 535 g/mol. The summed E-state index contributed by atoms with van der Waals surface area (Å²) in [6, 6.07) is 20.4. The summed E-state index contributed by atoms with van der Waals surface area (Å²) < 4.78 is 22.9. The number of rotatable bonds is 13. The van der Waals surface area contributed by atoms with Crippen molar-refractivity contribution in [3.05, 3.63) is 87.9 Å². The minimum atomic E-state index is -0.519. The molecule has 0 aliphatic heterocycles. The Morgan fingerprint density at radius 1 is 0.947 bits per heavy atom. The predicted molar refractivity (Wildman–Crippen MR) is 149 cm³/mol. The van der Waals surface area contributed by atoms with Crippen molar-refractivity contribution in [1.29, 1.82) is 5.26 Å². The Balaban J connectivity index is 1.58. The van der Waals surface area contributed by atoms with Gasteiger partial charge in [-0.15, -0.1) is 0 Å². The summed E-state index contributed by atoms with van der Waals surface area (Å²) >= 11 is 6.49. The van der Waals surface area contributed by atoms with Gasteiger partial charge in [-0.25, -0.2) is 0 Å². The molecular weight excluding hydrogens is 504 g/mol. The van der Waals surface area contributed by atoms with E-state index in [-0.39, 0.29) is 12.2 Å². The smallest absolute Gasteiger partial charge is 0.266 e. The van der Waals surface area contributed by atoms with Crippen LogP contribution >= 0.6 is 11.6 Å². The van der Waals surface area contributed by atoms with Crippen LogP contribution in [0.4, 0.5) is 5.69 Å². The molecule has 0 fully saturated rings. The van der Waals surface area contributed by atoms with E-state index in [4.69, 9.17) is 30.5 Å². The highest BCUT2D eigenvalue weighted by Crippen LogP contribution is 2.37. The third kappa shape index (κ3) is 8.55. The number of nitrogens with one attached hydrogen (secondary N) is 1. The molecule has 0 aliphatic rings. The Labute approximate surface area is 228 Å². The molecule has 1 N–H and O–H groups in total. The van der Waals surface area contributed by atoms with Crippen LogP contribution in [0.3, 0.4) is 0 Å². The lowest BCUT2D eigenvalue weighted by Gasteiger charge is -2.15. The summed E-state index contributed by atoms with van der Waals surface area (Å²) in [5, 5.41) is 12.6. The van der Waals surface area contributed by atoms with Crippen molar-refractivity contribution in [3.63, 3.8) is 0 Å². The second-order valence-corrected chi connectivity index (χ2v) is 8.73. The third-order valence-corrected chi connectivity index (χ3v) is 5.65. The van der Waals surface area contributed by atoms with Gasteiger partial charge in [-0.05, 0) is 68.3 Å². The fraction of sp³-hybridized carbons (Fsp3) is 0.267. The maximum Gasteiger partial charge on any atom is 0.266 e. The summed E-state index contributed by atoms with van der Waals surface area (Å²) in [4.78, 5) is 12.6. The van der Waals surface area contributed by atoms with Crippen LogP contribution in [0.25, 0.3) is 6.08 Å². The average Bonchev–Trinajstić information content (AvgIpc) is 2.90. The minimum absolute atomic E-state index is 0.0703. The first-order valence-electron chi connectivity index (χ1n) is 12.3. The molecule has 0 radical (unpaired) electrons. The first-order chi connectivity index (χ1) is 18.4. The summed E-state index contributed by atoms with van der Waals surface area (Å²) in [7, 11) is 0. The first kappa shape index (κ1) is 28.6. The molecule has 0 heterocycles. The van der Waals surface area contributed by atoms with Crippen LogP contribution in [-0.4, -0.2) is 38.9 Å². The van der Waals surface area contributed by atoms with Gasteiger partial charge in [0.05, 0.1) is 24.8 Å². The number of para-hydroxylation sites is 1. The van der Waals surface area contributed by atoms with Crippen LogP contribution in [0.15, 0.2) is 66.2 Å². The number of nitriles is 1. The third-order valence-electron chi connectivity index (χ3n) is 5.37. The molecule has 3 rings (SSSR count). The number of aryl methyl sites for hydroxylation is 2. The highest BCUT2D eigenvalue weighted by Gasteiger charge is 2.15. The molecule has 3 aromatic rings. The monoisotopic (exact) mass is 534 g/mol. The van der Waals surface area contributed by atoms with Crippen molar-refractivity contribution in [3.8, 4) is 23.3 Å².